The number of aromatic nitrogens is 5. The van der Waals surface area contributed by atoms with E-state index in [0.717, 1.165) is 11.3 Å². The number of para-hydroxylation sites is 1. The Kier molecular flexibility index (Phi) is 4.44. The molecule has 4 aromatic rings. The Labute approximate surface area is 154 Å². The number of hydrogen-bond donors (Lipinski definition) is 1. The van der Waals surface area contributed by atoms with Gasteiger partial charge in [0, 0.05) is 29.8 Å². The van der Waals surface area contributed by atoms with Gasteiger partial charge in [-0.3, -0.25) is 9.78 Å². The maximum Gasteiger partial charge on any atom is 0.258 e. The number of aryl methyl sites for hydroxylation is 1. The Morgan fingerprint density at radius 2 is 1.89 bits per heavy atom. The van der Waals surface area contributed by atoms with Crippen molar-refractivity contribution in [1.29, 1.82) is 0 Å². The maximum absolute atomic E-state index is 12.3. The molecule has 0 aliphatic carbocycles. The summed E-state index contributed by atoms with van der Waals surface area (Å²) in [4.78, 5) is 25.0. The quantitative estimate of drug-likeness (QED) is 0.587. The lowest BCUT2D eigenvalue weighted by molar-refractivity contribution is -0.116. The van der Waals surface area contributed by atoms with E-state index in [9.17, 15) is 4.79 Å². The first kappa shape index (κ1) is 16.6. The first-order valence-electron chi connectivity index (χ1n) is 8.32. The van der Waals surface area contributed by atoms with E-state index < -0.39 is 0 Å². The molecule has 0 unspecified atom stereocenters. The molecule has 4 rings (SSSR count). The Morgan fingerprint density at radius 3 is 2.67 bits per heavy atom. The molecule has 8 heteroatoms. The molecule has 0 aliphatic heterocycles. The molecule has 3 heterocycles. The highest BCUT2D eigenvalue weighted by atomic mass is 16.5. The fourth-order valence-electron chi connectivity index (χ4n) is 2.59. The van der Waals surface area contributed by atoms with Crippen molar-refractivity contribution in [2.45, 2.75) is 13.5 Å². The van der Waals surface area contributed by atoms with Crippen molar-refractivity contribution < 1.29 is 9.32 Å². The SMILES string of the molecule is Cc1nc(-c2noc(-c3ccncc3)n2)cn1CC(=O)Nc1ccccc1. The van der Waals surface area contributed by atoms with Crippen LogP contribution in [0.2, 0.25) is 0 Å². The van der Waals surface area contributed by atoms with Gasteiger partial charge < -0.3 is 14.4 Å². The molecule has 27 heavy (non-hydrogen) atoms. The standard InChI is InChI=1S/C19H16N6O2/c1-13-21-16(18-23-19(27-24-18)14-7-9-20-10-8-14)11-25(13)12-17(26)22-15-5-3-2-4-6-15/h2-11H,12H2,1H3,(H,22,26). The Morgan fingerprint density at radius 1 is 1.11 bits per heavy atom. The summed E-state index contributed by atoms with van der Waals surface area (Å²) >= 11 is 0. The topological polar surface area (TPSA) is 98.7 Å². The first-order valence-corrected chi connectivity index (χ1v) is 8.32. The molecule has 0 atom stereocenters. The van der Waals surface area contributed by atoms with Crippen molar-refractivity contribution >= 4 is 11.6 Å². The zero-order valence-electron chi connectivity index (χ0n) is 14.5. The lowest BCUT2D eigenvalue weighted by atomic mass is 10.3. The van der Waals surface area contributed by atoms with Crippen molar-refractivity contribution in [3.05, 3.63) is 66.9 Å². The van der Waals surface area contributed by atoms with E-state index >= 15 is 0 Å². The van der Waals surface area contributed by atoms with Crippen molar-refractivity contribution in [3.8, 4) is 23.0 Å². The van der Waals surface area contributed by atoms with Gasteiger partial charge in [-0.25, -0.2) is 4.98 Å². The molecule has 8 nitrogen and oxygen atoms in total. The maximum atomic E-state index is 12.3. The minimum absolute atomic E-state index is 0.140. The molecular formula is C19H16N6O2. The first-order chi connectivity index (χ1) is 13.2. The zero-order valence-corrected chi connectivity index (χ0v) is 14.5. The van der Waals surface area contributed by atoms with Crippen molar-refractivity contribution in [2.75, 3.05) is 5.32 Å². The number of rotatable bonds is 5. The highest BCUT2D eigenvalue weighted by Crippen LogP contribution is 2.21. The van der Waals surface area contributed by atoms with E-state index in [-0.39, 0.29) is 12.5 Å². The summed E-state index contributed by atoms with van der Waals surface area (Å²) in [5.74, 6) is 1.30. The number of anilines is 1. The van der Waals surface area contributed by atoms with Gasteiger partial charge >= 0.3 is 0 Å². The van der Waals surface area contributed by atoms with Crippen LogP contribution in [0.4, 0.5) is 5.69 Å². The fourth-order valence-corrected chi connectivity index (χ4v) is 2.59. The van der Waals surface area contributed by atoms with Crippen LogP contribution >= 0.6 is 0 Å². The van der Waals surface area contributed by atoms with Crippen molar-refractivity contribution in [1.82, 2.24) is 24.7 Å². The summed E-state index contributed by atoms with van der Waals surface area (Å²) in [6.07, 6.45) is 5.05. The number of pyridine rings is 1. The van der Waals surface area contributed by atoms with E-state index in [1.807, 2.05) is 37.3 Å². The third-order valence-corrected chi connectivity index (χ3v) is 3.93. The fraction of sp³-hybridized carbons (Fsp3) is 0.105. The van der Waals surface area contributed by atoms with E-state index in [1.54, 1.807) is 35.3 Å². The molecule has 1 N–H and O–H groups in total. The van der Waals surface area contributed by atoms with Crippen molar-refractivity contribution in [3.63, 3.8) is 0 Å². The Hall–Kier alpha value is -3.81. The number of amides is 1. The minimum Gasteiger partial charge on any atom is -0.334 e. The number of nitrogens with zero attached hydrogens (tertiary/aromatic N) is 5. The largest absolute Gasteiger partial charge is 0.334 e. The predicted molar refractivity (Wildman–Crippen MR) is 98.6 cm³/mol. The lowest BCUT2D eigenvalue weighted by Crippen LogP contribution is -2.18. The number of benzene rings is 1. The summed E-state index contributed by atoms with van der Waals surface area (Å²) in [7, 11) is 0. The molecule has 0 saturated carbocycles. The Bertz CT molecular complexity index is 1060. The van der Waals surface area contributed by atoms with Gasteiger partial charge in [0.25, 0.3) is 5.89 Å². The Balaban J connectivity index is 1.50. The van der Waals surface area contributed by atoms with E-state index in [1.165, 1.54) is 0 Å². The normalized spacial score (nSPS) is 10.7. The molecule has 0 fully saturated rings. The monoisotopic (exact) mass is 360 g/mol. The average Bonchev–Trinajstić information content (AvgIpc) is 3.31. The second-order valence-corrected chi connectivity index (χ2v) is 5.87. The van der Waals surface area contributed by atoms with Crippen LogP contribution in [-0.2, 0) is 11.3 Å². The molecule has 0 saturated heterocycles. The summed E-state index contributed by atoms with van der Waals surface area (Å²) in [5, 5.41) is 6.83. The van der Waals surface area contributed by atoms with Crippen LogP contribution in [0, 0.1) is 6.92 Å². The summed E-state index contributed by atoms with van der Waals surface area (Å²) in [6, 6.07) is 12.9. The van der Waals surface area contributed by atoms with Gasteiger partial charge in [-0.1, -0.05) is 23.4 Å². The van der Waals surface area contributed by atoms with Gasteiger partial charge in [0.1, 0.15) is 18.1 Å². The molecule has 1 aromatic carbocycles. The molecule has 0 spiro atoms. The number of carbonyl (C=O) groups is 1. The van der Waals surface area contributed by atoms with E-state index in [4.69, 9.17) is 4.52 Å². The zero-order chi connectivity index (χ0) is 18.6. The molecule has 0 radical (unpaired) electrons. The average molecular weight is 360 g/mol. The molecule has 134 valence electrons. The second-order valence-electron chi connectivity index (χ2n) is 5.87. The summed E-state index contributed by atoms with van der Waals surface area (Å²) < 4.78 is 7.04. The second kappa shape index (κ2) is 7.20. The van der Waals surface area contributed by atoms with Crippen LogP contribution in [0.3, 0.4) is 0 Å². The smallest absolute Gasteiger partial charge is 0.258 e. The molecule has 0 bridgehead atoms. The minimum atomic E-state index is -0.140. The highest BCUT2D eigenvalue weighted by Gasteiger charge is 2.15. The number of hydrogen-bond acceptors (Lipinski definition) is 6. The van der Waals surface area contributed by atoms with Gasteiger partial charge in [-0.05, 0) is 31.2 Å². The third-order valence-electron chi connectivity index (χ3n) is 3.93. The molecule has 1 amide bonds. The summed E-state index contributed by atoms with van der Waals surface area (Å²) in [5.41, 5.74) is 2.08. The number of nitrogens with one attached hydrogen (secondary N) is 1. The van der Waals surface area contributed by atoms with E-state index in [2.05, 4.69) is 25.4 Å². The van der Waals surface area contributed by atoms with Crippen LogP contribution in [0.15, 0.2) is 65.6 Å². The highest BCUT2D eigenvalue weighted by molar-refractivity contribution is 5.90. The van der Waals surface area contributed by atoms with Gasteiger partial charge in [-0.15, -0.1) is 0 Å². The van der Waals surface area contributed by atoms with Crippen molar-refractivity contribution in [2.24, 2.45) is 0 Å². The molecule has 0 aliphatic rings. The van der Waals surface area contributed by atoms with Gasteiger partial charge in [-0.2, -0.15) is 4.98 Å². The van der Waals surface area contributed by atoms with Crippen LogP contribution in [-0.4, -0.2) is 30.6 Å². The molecular weight excluding hydrogens is 344 g/mol. The summed E-state index contributed by atoms with van der Waals surface area (Å²) in [6.45, 7) is 1.96. The lowest BCUT2D eigenvalue weighted by Gasteiger charge is -2.06. The third kappa shape index (κ3) is 3.74. The predicted octanol–water partition coefficient (Wildman–Crippen LogP) is 2.94. The van der Waals surface area contributed by atoms with Crippen LogP contribution in [0.5, 0.6) is 0 Å². The van der Waals surface area contributed by atoms with Crippen LogP contribution in [0.25, 0.3) is 23.0 Å². The van der Waals surface area contributed by atoms with Crippen LogP contribution < -0.4 is 5.32 Å². The van der Waals surface area contributed by atoms with Gasteiger partial charge in [0.15, 0.2) is 0 Å². The van der Waals surface area contributed by atoms with E-state index in [0.29, 0.717) is 23.2 Å². The number of imidazole rings is 1. The van der Waals surface area contributed by atoms with Gasteiger partial charge in [0.05, 0.1) is 0 Å². The van der Waals surface area contributed by atoms with Crippen LogP contribution in [0.1, 0.15) is 5.82 Å². The molecule has 3 aromatic heterocycles. The number of carbonyl (C=O) groups excluding carboxylic acids is 1. The van der Waals surface area contributed by atoms with Gasteiger partial charge in [0.2, 0.25) is 11.7 Å².